The van der Waals surface area contributed by atoms with Gasteiger partial charge in [0.05, 0.1) is 16.8 Å². The Kier molecular flexibility index (Phi) is 4.39. The highest BCUT2D eigenvalue weighted by molar-refractivity contribution is 6.12. The molecule has 6 heteroatoms. The fourth-order valence-electron chi connectivity index (χ4n) is 2.98. The van der Waals surface area contributed by atoms with Gasteiger partial charge in [0.2, 0.25) is 0 Å². The first-order chi connectivity index (χ1) is 13.4. The van der Waals surface area contributed by atoms with Crippen LogP contribution in [0.1, 0.15) is 36.8 Å². The smallest absolute Gasteiger partial charge is 0.257 e. The van der Waals surface area contributed by atoms with Gasteiger partial charge in [0.15, 0.2) is 5.82 Å². The van der Waals surface area contributed by atoms with E-state index in [9.17, 15) is 4.79 Å². The summed E-state index contributed by atoms with van der Waals surface area (Å²) in [5, 5.41) is 10.9. The summed E-state index contributed by atoms with van der Waals surface area (Å²) < 4.78 is 0. The monoisotopic (exact) mass is 371 g/mol. The highest BCUT2D eigenvalue weighted by Crippen LogP contribution is 2.26. The van der Waals surface area contributed by atoms with Crippen LogP contribution in [0.25, 0.3) is 22.2 Å². The van der Waals surface area contributed by atoms with Gasteiger partial charge in [-0.2, -0.15) is 5.10 Å². The fraction of sp³-hybridized carbons (Fsp3) is 0.182. The summed E-state index contributed by atoms with van der Waals surface area (Å²) >= 11 is 0. The van der Waals surface area contributed by atoms with Crippen molar-refractivity contribution in [3.63, 3.8) is 0 Å². The minimum Gasteiger partial charge on any atom is -0.305 e. The van der Waals surface area contributed by atoms with Gasteiger partial charge in [-0.15, -0.1) is 0 Å². The molecule has 0 spiro atoms. The number of carbonyl (C=O) groups is 1. The van der Waals surface area contributed by atoms with Crippen LogP contribution in [-0.4, -0.2) is 26.1 Å². The number of H-pyrrole nitrogens is 1. The van der Waals surface area contributed by atoms with E-state index in [4.69, 9.17) is 4.98 Å². The zero-order chi connectivity index (χ0) is 19.7. The molecule has 0 bridgehead atoms. The Balaban J connectivity index is 1.74. The van der Waals surface area contributed by atoms with Crippen LogP contribution in [0.5, 0.6) is 0 Å². The molecule has 0 saturated heterocycles. The number of rotatable bonds is 3. The number of nitrogens with one attached hydrogen (secondary N) is 2. The van der Waals surface area contributed by atoms with E-state index in [1.54, 1.807) is 18.5 Å². The number of hydrogen-bond acceptors (Lipinski definition) is 4. The van der Waals surface area contributed by atoms with E-state index < -0.39 is 0 Å². The average Bonchev–Trinajstić information content (AvgIpc) is 3.17. The number of hydrogen-bond donors (Lipinski definition) is 2. The molecule has 3 heterocycles. The Morgan fingerprint density at radius 3 is 2.61 bits per heavy atom. The molecule has 0 saturated carbocycles. The average molecular weight is 371 g/mol. The van der Waals surface area contributed by atoms with Crippen molar-refractivity contribution >= 4 is 22.6 Å². The second-order valence-corrected chi connectivity index (χ2v) is 7.68. The van der Waals surface area contributed by atoms with Crippen molar-refractivity contribution in [1.29, 1.82) is 0 Å². The molecule has 3 aromatic heterocycles. The van der Waals surface area contributed by atoms with E-state index in [0.29, 0.717) is 17.1 Å². The van der Waals surface area contributed by atoms with Crippen LogP contribution in [0.3, 0.4) is 0 Å². The predicted octanol–water partition coefficient (Wildman–Crippen LogP) is 4.57. The maximum absolute atomic E-state index is 13.1. The van der Waals surface area contributed by atoms with Crippen molar-refractivity contribution < 1.29 is 4.79 Å². The molecule has 1 aromatic carbocycles. The van der Waals surface area contributed by atoms with Gasteiger partial charge in [-0.25, -0.2) is 4.98 Å². The summed E-state index contributed by atoms with van der Waals surface area (Å²) in [4.78, 5) is 21.9. The second-order valence-electron chi connectivity index (χ2n) is 7.68. The van der Waals surface area contributed by atoms with Gasteiger partial charge in [-0.05, 0) is 24.3 Å². The lowest BCUT2D eigenvalue weighted by Gasteiger charge is -2.14. The maximum atomic E-state index is 13.1. The number of aromatic nitrogens is 4. The van der Waals surface area contributed by atoms with Crippen molar-refractivity contribution in [3.05, 3.63) is 72.2 Å². The molecule has 4 aromatic rings. The number of carbonyl (C=O) groups excluding carboxylic acids is 1. The first-order valence-electron chi connectivity index (χ1n) is 9.09. The fourth-order valence-corrected chi connectivity index (χ4v) is 2.98. The molecule has 2 N–H and O–H groups in total. The van der Waals surface area contributed by atoms with E-state index in [1.165, 1.54) is 0 Å². The molecule has 140 valence electrons. The van der Waals surface area contributed by atoms with E-state index in [0.717, 1.165) is 22.2 Å². The largest absolute Gasteiger partial charge is 0.305 e. The summed E-state index contributed by atoms with van der Waals surface area (Å²) in [6, 6.07) is 15.0. The summed E-state index contributed by atoms with van der Waals surface area (Å²) in [7, 11) is 0. The van der Waals surface area contributed by atoms with Gasteiger partial charge in [0.25, 0.3) is 5.91 Å². The predicted molar refractivity (Wildman–Crippen MR) is 110 cm³/mol. The molecule has 0 atom stereocenters. The van der Waals surface area contributed by atoms with Crippen LogP contribution >= 0.6 is 0 Å². The van der Waals surface area contributed by atoms with Crippen LogP contribution in [-0.2, 0) is 5.41 Å². The number of fused-ring (bicyclic) bond motifs is 1. The van der Waals surface area contributed by atoms with Crippen molar-refractivity contribution in [2.24, 2.45) is 0 Å². The van der Waals surface area contributed by atoms with E-state index in [2.05, 4.69) is 41.3 Å². The molecule has 0 aliphatic heterocycles. The quantitative estimate of drug-likeness (QED) is 0.552. The van der Waals surface area contributed by atoms with E-state index in [-0.39, 0.29) is 11.3 Å². The standard InChI is InChI=1S/C22H21N5O/c1-22(2,3)19-12-20(27-26-19)25-21(28)16-11-18(14-7-6-10-23-13-14)24-17-9-5-4-8-15(16)17/h4-13H,1-3H3,(H2,25,26,27,28). The third kappa shape index (κ3) is 3.49. The lowest BCUT2D eigenvalue weighted by atomic mass is 9.92. The zero-order valence-corrected chi connectivity index (χ0v) is 16.0. The van der Waals surface area contributed by atoms with Gasteiger partial charge >= 0.3 is 0 Å². The Labute approximate surface area is 163 Å². The molecule has 1 amide bonds. The van der Waals surface area contributed by atoms with Crippen molar-refractivity contribution in [2.75, 3.05) is 5.32 Å². The van der Waals surface area contributed by atoms with Crippen LogP contribution in [0.4, 0.5) is 5.82 Å². The van der Waals surface area contributed by atoms with Gasteiger partial charge < -0.3 is 5.32 Å². The first kappa shape index (κ1) is 17.9. The van der Waals surface area contributed by atoms with Crippen molar-refractivity contribution in [1.82, 2.24) is 20.2 Å². The lowest BCUT2D eigenvalue weighted by Crippen LogP contribution is -2.13. The highest BCUT2D eigenvalue weighted by Gasteiger charge is 2.19. The van der Waals surface area contributed by atoms with Crippen LogP contribution < -0.4 is 5.32 Å². The molecule has 6 nitrogen and oxygen atoms in total. The molecule has 0 unspecified atom stereocenters. The number of anilines is 1. The summed E-state index contributed by atoms with van der Waals surface area (Å²) in [5.74, 6) is 0.273. The highest BCUT2D eigenvalue weighted by atomic mass is 16.1. The molecular formula is C22H21N5O. The first-order valence-corrected chi connectivity index (χ1v) is 9.09. The summed E-state index contributed by atoms with van der Waals surface area (Å²) in [6.45, 7) is 6.26. The number of benzene rings is 1. The maximum Gasteiger partial charge on any atom is 0.257 e. The number of para-hydroxylation sites is 1. The molecule has 0 radical (unpaired) electrons. The van der Waals surface area contributed by atoms with Crippen molar-refractivity contribution in [2.45, 2.75) is 26.2 Å². The van der Waals surface area contributed by atoms with Crippen LogP contribution in [0.2, 0.25) is 0 Å². The van der Waals surface area contributed by atoms with E-state index in [1.807, 2.05) is 42.5 Å². The summed E-state index contributed by atoms with van der Waals surface area (Å²) in [5.41, 5.74) is 3.74. The normalized spacial score (nSPS) is 11.5. The molecule has 0 fully saturated rings. The number of aromatic amines is 1. The van der Waals surface area contributed by atoms with Gasteiger partial charge in [-0.3, -0.25) is 14.9 Å². The topological polar surface area (TPSA) is 83.6 Å². The molecule has 28 heavy (non-hydrogen) atoms. The van der Waals surface area contributed by atoms with Gasteiger partial charge in [0, 0.05) is 40.5 Å². The molecule has 4 rings (SSSR count). The summed E-state index contributed by atoms with van der Waals surface area (Å²) in [6.07, 6.45) is 3.45. The van der Waals surface area contributed by atoms with Gasteiger partial charge in [-0.1, -0.05) is 39.0 Å². The van der Waals surface area contributed by atoms with Crippen LogP contribution in [0, 0.1) is 0 Å². The molecule has 0 aliphatic rings. The zero-order valence-electron chi connectivity index (χ0n) is 16.0. The Morgan fingerprint density at radius 2 is 1.89 bits per heavy atom. The lowest BCUT2D eigenvalue weighted by molar-refractivity contribution is 0.102. The van der Waals surface area contributed by atoms with E-state index >= 15 is 0 Å². The third-order valence-electron chi connectivity index (χ3n) is 4.55. The van der Waals surface area contributed by atoms with Gasteiger partial charge in [0.1, 0.15) is 0 Å². The molecular weight excluding hydrogens is 350 g/mol. The van der Waals surface area contributed by atoms with Crippen molar-refractivity contribution in [3.8, 4) is 11.3 Å². The molecule has 0 aliphatic carbocycles. The number of pyridine rings is 2. The number of amides is 1. The second kappa shape index (κ2) is 6.88. The third-order valence-corrected chi connectivity index (χ3v) is 4.55. The minimum atomic E-state index is -0.226. The Bertz CT molecular complexity index is 1140. The SMILES string of the molecule is CC(C)(C)c1cc(NC(=O)c2cc(-c3cccnc3)nc3ccccc23)n[nH]1. The Morgan fingerprint density at radius 1 is 1.07 bits per heavy atom. The number of nitrogens with zero attached hydrogens (tertiary/aromatic N) is 3. The minimum absolute atomic E-state index is 0.0766. The Hall–Kier alpha value is -3.54. The van der Waals surface area contributed by atoms with Crippen LogP contribution in [0.15, 0.2) is 60.9 Å².